The number of hydrogen-bond acceptors (Lipinski definition) is 3. The third-order valence-corrected chi connectivity index (χ3v) is 5.32. The summed E-state index contributed by atoms with van der Waals surface area (Å²) in [5.74, 6) is 1.69. The normalized spacial score (nSPS) is 17.2. The van der Waals surface area contributed by atoms with Gasteiger partial charge >= 0.3 is 0 Å². The van der Waals surface area contributed by atoms with Gasteiger partial charge in [-0.05, 0) is 44.5 Å². The zero-order chi connectivity index (χ0) is 21.1. The molecule has 0 spiro atoms. The van der Waals surface area contributed by atoms with Crippen molar-refractivity contribution in [1.82, 2.24) is 20.4 Å². The third kappa shape index (κ3) is 5.39. The summed E-state index contributed by atoms with van der Waals surface area (Å²) in [6.07, 6.45) is 2.84. The molecule has 0 fully saturated rings. The molecule has 3 aromatic rings. The summed E-state index contributed by atoms with van der Waals surface area (Å²) in [7, 11) is 1.80. The van der Waals surface area contributed by atoms with Crippen molar-refractivity contribution in [2.24, 2.45) is 4.99 Å². The number of nitrogens with zero attached hydrogens (tertiary/aromatic N) is 3. The quantitative estimate of drug-likeness (QED) is 0.290. The smallest absolute Gasteiger partial charge is 0.191 e. The zero-order valence-corrected chi connectivity index (χ0v) is 20.8. The Morgan fingerprint density at radius 3 is 2.65 bits per heavy atom. The molecule has 1 aliphatic rings. The summed E-state index contributed by atoms with van der Waals surface area (Å²) in [4.78, 5) is 4.46. The van der Waals surface area contributed by atoms with E-state index >= 15 is 0 Å². The number of fused-ring (bicyclic) bond motifs is 1. The minimum atomic E-state index is -0.241. The molecule has 31 heavy (non-hydrogen) atoms. The molecule has 2 aromatic carbocycles. The molecular formula is C24H30IN5O. The molecule has 1 aliphatic heterocycles. The summed E-state index contributed by atoms with van der Waals surface area (Å²) >= 11 is 0. The van der Waals surface area contributed by atoms with E-state index in [4.69, 9.17) is 4.74 Å². The van der Waals surface area contributed by atoms with E-state index in [2.05, 4.69) is 52.8 Å². The number of aliphatic imine (C=N–C) groups is 1. The first-order valence-electron chi connectivity index (χ1n) is 10.3. The van der Waals surface area contributed by atoms with Gasteiger partial charge < -0.3 is 15.4 Å². The molecule has 0 saturated carbocycles. The van der Waals surface area contributed by atoms with Crippen molar-refractivity contribution < 1.29 is 4.74 Å². The summed E-state index contributed by atoms with van der Waals surface area (Å²) in [6, 6.07) is 18.6. The van der Waals surface area contributed by atoms with Gasteiger partial charge in [-0.15, -0.1) is 24.0 Å². The molecule has 0 amide bonds. The molecule has 6 nitrogen and oxygen atoms in total. The van der Waals surface area contributed by atoms with Crippen LogP contribution in [0, 0.1) is 6.92 Å². The van der Waals surface area contributed by atoms with Gasteiger partial charge in [0.25, 0.3) is 0 Å². The van der Waals surface area contributed by atoms with Crippen LogP contribution in [0.1, 0.15) is 43.1 Å². The van der Waals surface area contributed by atoms with Crippen LogP contribution in [0.15, 0.2) is 65.8 Å². The van der Waals surface area contributed by atoms with Crippen molar-refractivity contribution in [1.29, 1.82) is 0 Å². The van der Waals surface area contributed by atoms with Crippen LogP contribution < -0.4 is 15.4 Å². The first-order valence-corrected chi connectivity index (χ1v) is 10.3. The largest absolute Gasteiger partial charge is 0.487 e. The van der Waals surface area contributed by atoms with Crippen LogP contribution in [0.2, 0.25) is 0 Å². The van der Waals surface area contributed by atoms with E-state index in [1.165, 1.54) is 0 Å². The van der Waals surface area contributed by atoms with Crippen molar-refractivity contribution >= 4 is 29.9 Å². The Bertz CT molecular complexity index is 1060. The average Bonchev–Trinajstić information content (AvgIpc) is 3.16. The fraction of sp³-hybridized carbons (Fsp3) is 0.333. The maximum absolute atomic E-state index is 6.15. The number of nitrogens with one attached hydrogen (secondary N) is 2. The maximum atomic E-state index is 6.15. The second kappa shape index (κ2) is 9.72. The van der Waals surface area contributed by atoms with Crippen LogP contribution in [0.25, 0.3) is 5.69 Å². The van der Waals surface area contributed by atoms with Crippen molar-refractivity contribution in [3.63, 3.8) is 0 Å². The topological polar surface area (TPSA) is 63.5 Å². The van der Waals surface area contributed by atoms with E-state index < -0.39 is 0 Å². The van der Waals surface area contributed by atoms with E-state index in [9.17, 15) is 0 Å². The molecule has 0 radical (unpaired) electrons. The molecule has 1 atom stereocenters. The SMILES string of the molecule is CN=C(NCc1ccccc1-n1ccc(C)n1)NC1CC(C)(C)Oc2ccccc21.I. The molecule has 7 heteroatoms. The lowest BCUT2D eigenvalue weighted by Gasteiger charge is -2.38. The van der Waals surface area contributed by atoms with Gasteiger partial charge in [-0.2, -0.15) is 5.10 Å². The minimum absolute atomic E-state index is 0. The number of aryl methyl sites for hydroxylation is 1. The average molecular weight is 531 g/mol. The number of rotatable bonds is 4. The number of hydrogen-bond donors (Lipinski definition) is 2. The predicted molar refractivity (Wildman–Crippen MR) is 136 cm³/mol. The molecule has 0 aliphatic carbocycles. The first kappa shape index (κ1) is 23.1. The summed E-state index contributed by atoms with van der Waals surface area (Å²) in [5.41, 5.74) is 4.13. The van der Waals surface area contributed by atoms with Gasteiger partial charge in [0.1, 0.15) is 11.4 Å². The van der Waals surface area contributed by atoms with Gasteiger partial charge in [0, 0.05) is 31.8 Å². The Kier molecular flexibility index (Phi) is 7.25. The van der Waals surface area contributed by atoms with Gasteiger partial charge in [-0.3, -0.25) is 4.99 Å². The second-order valence-corrected chi connectivity index (χ2v) is 8.26. The molecule has 0 bridgehead atoms. The fourth-order valence-corrected chi connectivity index (χ4v) is 3.90. The number of guanidine groups is 1. The molecule has 164 valence electrons. The van der Waals surface area contributed by atoms with Crippen molar-refractivity contribution in [3.8, 4) is 11.4 Å². The number of ether oxygens (including phenoxy) is 1. The highest BCUT2D eigenvalue weighted by Gasteiger charge is 2.33. The van der Waals surface area contributed by atoms with Gasteiger partial charge in [0.05, 0.1) is 17.4 Å². The monoisotopic (exact) mass is 531 g/mol. The molecule has 0 saturated heterocycles. The van der Waals surface area contributed by atoms with E-state index in [1.807, 2.05) is 54.2 Å². The van der Waals surface area contributed by atoms with E-state index in [0.29, 0.717) is 6.54 Å². The van der Waals surface area contributed by atoms with Crippen LogP contribution >= 0.6 is 24.0 Å². The maximum Gasteiger partial charge on any atom is 0.191 e. The van der Waals surface area contributed by atoms with Crippen LogP contribution in [-0.2, 0) is 6.54 Å². The number of aromatic nitrogens is 2. The van der Waals surface area contributed by atoms with Gasteiger partial charge in [0.15, 0.2) is 5.96 Å². The highest BCUT2D eigenvalue weighted by Crippen LogP contribution is 2.39. The van der Waals surface area contributed by atoms with Crippen molar-refractivity contribution in [3.05, 3.63) is 77.6 Å². The van der Waals surface area contributed by atoms with E-state index in [1.54, 1.807) is 7.05 Å². The molecule has 2 N–H and O–H groups in total. The minimum Gasteiger partial charge on any atom is -0.487 e. The highest BCUT2D eigenvalue weighted by molar-refractivity contribution is 14.0. The molecule has 2 heterocycles. The lowest BCUT2D eigenvalue weighted by atomic mass is 9.90. The van der Waals surface area contributed by atoms with Crippen molar-refractivity contribution in [2.45, 2.75) is 45.4 Å². The second-order valence-electron chi connectivity index (χ2n) is 8.26. The van der Waals surface area contributed by atoms with Crippen molar-refractivity contribution in [2.75, 3.05) is 7.05 Å². The van der Waals surface area contributed by atoms with Crippen LogP contribution in [0.5, 0.6) is 5.75 Å². The number of benzene rings is 2. The third-order valence-electron chi connectivity index (χ3n) is 5.32. The lowest BCUT2D eigenvalue weighted by Crippen LogP contribution is -2.45. The molecule has 1 unspecified atom stereocenters. The Morgan fingerprint density at radius 2 is 1.90 bits per heavy atom. The van der Waals surface area contributed by atoms with Gasteiger partial charge in [0.2, 0.25) is 0 Å². The van der Waals surface area contributed by atoms with E-state index in [0.717, 1.165) is 40.6 Å². The number of halogens is 1. The van der Waals surface area contributed by atoms with Crippen LogP contribution in [0.4, 0.5) is 0 Å². The van der Waals surface area contributed by atoms with Gasteiger partial charge in [-0.1, -0.05) is 36.4 Å². The fourth-order valence-electron chi connectivity index (χ4n) is 3.90. The van der Waals surface area contributed by atoms with Crippen LogP contribution in [0.3, 0.4) is 0 Å². The lowest BCUT2D eigenvalue weighted by molar-refractivity contribution is 0.0694. The van der Waals surface area contributed by atoms with E-state index in [-0.39, 0.29) is 35.6 Å². The summed E-state index contributed by atoms with van der Waals surface area (Å²) in [5, 5.41) is 11.6. The molecule has 4 rings (SSSR count). The zero-order valence-electron chi connectivity index (χ0n) is 18.4. The Balaban J connectivity index is 0.00000272. The van der Waals surface area contributed by atoms with Gasteiger partial charge in [-0.25, -0.2) is 4.68 Å². The predicted octanol–water partition coefficient (Wildman–Crippen LogP) is 4.77. The standard InChI is InChI=1S/C24H29N5O.HI/c1-17-13-14-29(28-17)21-11-7-5-9-18(21)16-26-23(25-4)27-20-15-24(2,3)30-22-12-8-6-10-19(20)22;/h5-14,20H,15-16H2,1-4H3,(H2,25,26,27);1H. The number of para-hydroxylation sites is 2. The van der Waals surface area contributed by atoms with Crippen LogP contribution in [-0.4, -0.2) is 28.4 Å². The summed E-state index contributed by atoms with van der Waals surface area (Å²) < 4.78 is 8.07. The highest BCUT2D eigenvalue weighted by atomic mass is 127. The first-order chi connectivity index (χ1) is 14.4. The Hall–Kier alpha value is -2.55. The molecule has 1 aromatic heterocycles. The Morgan fingerprint density at radius 1 is 1.16 bits per heavy atom. The molecular weight excluding hydrogens is 501 g/mol. The Labute approximate surface area is 201 Å². The summed E-state index contributed by atoms with van der Waals surface area (Å²) in [6.45, 7) is 6.88.